The summed E-state index contributed by atoms with van der Waals surface area (Å²) in [5, 5.41) is 11.7. The number of carbonyl (C=O) groups excluding carboxylic acids is 2. The van der Waals surface area contributed by atoms with E-state index in [1.54, 1.807) is 31.2 Å². The number of fused-ring (bicyclic) bond motifs is 1. The van der Waals surface area contributed by atoms with Gasteiger partial charge in [-0.05, 0) is 63.3 Å². The fraction of sp³-hybridized carbons (Fsp3) is 0.429. The van der Waals surface area contributed by atoms with Crippen LogP contribution in [0.25, 0.3) is 11.0 Å². The van der Waals surface area contributed by atoms with Crippen molar-refractivity contribution in [1.29, 1.82) is 5.26 Å². The van der Waals surface area contributed by atoms with Crippen LogP contribution in [0.4, 0.5) is 5.69 Å². The molecule has 40 heavy (non-hydrogen) atoms. The third-order valence-corrected chi connectivity index (χ3v) is 7.41. The highest BCUT2D eigenvalue weighted by Crippen LogP contribution is 2.26. The molecule has 0 fully saturated rings. The monoisotopic (exact) mass is 568 g/mol. The molecule has 12 heteroatoms. The first kappa shape index (κ1) is 30.6. The van der Waals surface area contributed by atoms with Gasteiger partial charge in [-0.15, -0.1) is 0 Å². The number of aryl methyl sites for hydroxylation is 1. The number of anilines is 1. The number of amides is 1. The Balaban J connectivity index is 1.88. The van der Waals surface area contributed by atoms with Gasteiger partial charge in [0.1, 0.15) is 12.4 Å². The zero-order valence-corrected chi connectivity index (χ0v) is 24.2. The van der Waals surface area contributed by atoms with Crippen molar-refractivity contribution in [3.63, 3.8) is 0 Å². The number of nitrogens with one attached hydrogen (secondary N) is 1. The van der Waals surface area contributed by atoms with Crippen molar-refractivity contribution in [2.45, 2.75) is 32.7 Å². The molecule has 1 heterocycles. The Morgan fingerprint density at radius 2 is 1.85 bits per heavy atom. The van der Waals surface area contributed by atoms with Gasteiger partial charge in [-0.1, -0.05) is 12.1 Å². The van der Waals surface area contributed by atoms with Crippen LogP contribution in [0.5, 0.6) is 0 Å². The average molecular weight is 569 g/mol. The minimum Gasteiger partial charge on any atom is -0.465 e. The number of aromatic nitrogens is 2. The quantitative estimate of drug-likeness (QED) is 0.293. The predicted molar refractivity (Wildman–Crippen MR) is 153 cm³/mol. The van der Waals surface area contributed by atoms with Crippen LogP contribution in [0, 0.1) is 11.3 Å². The van der Waals surface area contributed by atoms with E-state index in [-0.39, 0.29) is 25.5 Å². The van der Waals surface area contributed by atoms with E-state index in [4.69, 9.17) is 15.0 Å². The highest BCUT2D eigenvalue weighted by atomic mass is 32.2. The van der Waals surface area contributed by atoms with E-state index in [1.807, 2.05) is 41.8 Å². The molecule has 0 aliphatic heterocycles. The molecule has 1 aromatic heterocycles. The van der Waals surface area contributed by atoms with Gasteiger partial charge in [0.2, 0.25) is 15.9 Å². The Morgan fingerprint density at radius 1 is 1.12 bits per heavy atom. The molecule has 2 aromatic carbocycles. The SMILES string of the molecule is CCOC(=O)CNC(=O)CCCn1c(Cc2ccc(C#N)cc2)nc2cc(N(CCN(C)C)S(C)(=O)=O)ccc21. The normalized spacial score (nSPS) is 11.4. The Hall–Kier alpha value is -3.95. The van der Waals surface area contributed by atoms with Crippen molar-refractivity contribution in [3.8, 4) is 6.07 Å². The van der Waals surface area contributed by atoms with Crippen LogP contribution >= 0.6 is 0 Å². The molecule has 3 rings (SSSR count). The molecule has 0 saturated carbocycles. The standard InChI is InChI=1S/C28H36N6O5S/c1-5-39-28(36)20-30-27(35)7-6-14-33-25-13-12-23(34(40(4,37)38)16-15-32(2)3)18-24(25)31-26(33)17-21-8-10-22(19-29)11-9-21/h8-13,18H,5-7,14-17,20H2,1-4H3,(H,30,35). The summed E-state index contributed by atoms with van der Waals surface area (Å²) < 4.78 is 33.4. The first-order valence-electron chi connectivity index (χ1n) is 13.0. The van der Waals surface area contributed by atoms with Crippen molar-refractivity contribution >= 4 is 38.6 Å². The smallest absolute Gasteiger partial charge is 0.325 e. The third kappa shape index (κ3) is 8.53. The number of sulfonamides is 1. The fourth-order valence-electron chi connectivity index (χ4n) is 4.23. The maximum absolute atomic E-state index is 12.6. The molecule has 0 unspecified atom stereocenters. The average Bonchev–Trinajstić information content (AvgIpc) is 3.23. The van der Waals surface area contributed by atoms with Crippen LogP contribution in [0.2, 0.25) is 0 Å². The Labute approximate surface area is 235 Å². The molecule has 3 aromatic rings. The van der Waals surface area contributed by atoms with E-state index >= 15 is 0 Å². The van der Waals surface area contributed by atoms with Crippen molar-refractivity contribution in [2.75, 3.05) is 50.9 Å². The lowest BCUT2D eigenvalue weighted by molar-refractivity contribution is -0.143. The summed E-state index contributed by atoms with van der Waals surface area (Å²) in [5.41, 5.74) is 3.53. The van der Waals surface area contributed by atoms with Crippen LogP contribution in [0.15, 0.2) is 42.5 Å². The van der Waals surface area contributed by atoms with Crippen LogP contribution in [-0.2, 0) is 37.3 Å². The third-order valence-electron chi connectivity index (χ3n) is 6.22. The van der Waals surface area contributed by atoms with Gasteiger partial charge in [0.05, 0.1) is 41.2 Å². The molecule has 0 aliphatic rings. The van der Waals surface area contributed by atoms with Gasteiger partial charge in [0.15, 0.2) is 0 Å². The summed E-state index contributed by atoms with van der Waals surface area (Å²) in [6, 6.07) is 14.8. The van der Waals surface area contributed by atoms with E-state index in [0.29, 0.717) is 49.2 Å². The number of nitrogens with zero attached hydrogens (tertiary/aromatic N) is 5. The summed E-state index contributed by atoms with van der Waals surface area (Å²) >= 11 is 0. The molecule has 1 N–H and O–H groups in total. The number of benzene rings is 2. The summed E-state index contributed by atoms with van der Waals surface area (Å²) in [4.78, 5) is 30.6. The van der Waals surface area contributed by atoms with Crippen LogP contribution in [-0.4, -0.2) is 81.3 Å². The minimum atomic E-state index is -3.51. The van der Waals surface area contributed by atoms with E-state index in [1.165, 1.54) is 10.6 Å². The van der Waals surface area contributed by atoms with Crippen molar-refractivity contribution in [2.24, 2.45) is 0 Å². The summed E-state index contributed by atoms with van der Waals surface area (Å²) in [6.07, 6.45) is 2.39. The number of nitriles is 1. The van der Waals surface area contributed by atoms with E-state index in [9.17, 15) is 18.0 Å². The van der Waals surface area contributed by atoms with Crippen molar-refractivity contribution in [1.82, 2.24) is 19.8 Å². The molecule has 11 nitrogen and oxygen atoms in total. The molecular formula is C28H36N6O5S. The largest absolute Gasteiger partial charge is 0.465 e. The first-order valence-corrected chi connectivity index (χ1v) is 14.9. The maximum Gasteiger partial charge on any atom is 0.325 e. The van der Waals surface area contributed by atoms with Crippen molar-refractivity contribution in [3.05, 3.63) is 59.4 Å². The van der Waals surface area contributed by atoms with E-state index < -0.39 is 16.0 Å². The number of imidazole rings is 1. The number of likely N-dealkylation sites (N-methyl/N-ethyl adjacent to an activating group) is 1. The number of hydrogen-bond donors (Lipinski definition) is 1. The molecule has 0 saturated heterocycles. The van der Waals surface area contributed by atoms with Crippen LogP contribution in [0.1, 0.15) is 36.7 Å². The minimum absolute atomic E-state index is 0.169. The van der Waals surface area contributed by atoms with Gasteiger partial charge in [0.25, 0.3) is 0 Å². The topological polar surface area (TPSA) is 138 Å². The van der Waals surface area contributed by atoms with Crippen LogP contribution < -0.4 is 9.62 Å². The Kier molecular flexibility index (Phi) is 10.6. The molecule has 0 aliphatic carbocycles. The molecule has 0 radical (unpaired) electrons. The summed E-state index contributed by atoms with van der Waals surface area (Å²) in [6.45, 7) is 3.14. The Bertz CT molecular complexity index is 1480. The van der Waals surface area contributed by atoms with Gasteiger partial charge in [0, 0.05) is 32.5 Å². The lowest BCUT2D eigenvalue weighted by Gasteiger charge is -2.24. The van der Waals surface area contributed by atoms with Crippen molar-refractivity contribution < 1.29 is 22.7 Å². The predicted octanol–water partition coefficient (Wildman–Crippen LogP) is 2.29. The second kappa shape index (κ2) is 13.9. The molecular weight excluding hydrogens is 532 g/mol. The highest BCUT2D eigenvalue weighted by Gasteiger charge is 2.20. The number of carbonyl (C=O) groups is 2. The lowest BCUT2D eigenvalue weighted by atomic mass is 10.1. The second-order valence-electron chi connectivity index (χ2n) is 9.66. The summed E-state index contributed by atoms with van der Waals surface area (Å²) in [7, 11) is 0.262. The number of esters is 1. The van der Waals surface area contributed by atoms with Gasteiger partial charge < -0.3 is 19.5 Å². The Morgan fingerprint density at radius 3 is 2.48 bits per heavy atom. The first-order chi connectivity index (χ1) is 19.0. The maximum atomic E-state index is 12.6. The van der Waals surface area contributed by atoms with Crippen LogP contribution in [0.3, 0.4) is 0 Å². The highest BCUT2D eigenvalue weighted by molar-refractivity contribution is 7.92. The fourth-order valence-corrected chi connectivity index (χ4v) is 5.14. The molecule has 0 atom stereocenters. The summed E-state index contributed by atoms with van der Waals surface area (Å²) in [5.74, 6) is 0.0201. The van der Waals surface area contributed by atoms with E-state index in [2.05, 4.69) is 11.4 Å². The van der Waals surface area contributed by atoms with E-state index in [0.717, 1.165) is 16.9 Å². The zero-order chi connectivity index (χ0) is 29.3. The molecule has 0 bridgehead atoms. The molecule has 214 valence electrons. The molecule has 1 amide bonds. The number of ether oxygens (including phenoxy) is 1. The second-order valence-corrected chi connectivity index (χ2v) is 11.6. The number of rotatable bonds is 14. The molecule has 0 spiro atoms. The van der Waals surface area contributed by atoms with Gasteiger partial charge in [-0.25, -0.2) is 13.4 Å². The zero-order valence-electron chi connectivity index (χ0n) is 23.4. The van der Waals surface area contributed by atoms with Gasteiger partial charge in [-0.3, -0.25) is 13.9 Å². The lowest BCUT2D eigenvalue weighted by Crippen LogP contribution is -2.36. The number of hydrogen-bond acceptors (Lipinski definition) is 8. The van der Waals surface area contributed by atoms with Gasteiger partial charge in [-0.2, -0.15) is 5.26 Å². The van der Waals surface area contributed by atoms with Gasteiger partial charge >= 0.3 is 5.97 Å².